The van der Waals surface area contributed by atoms with Gasteiger partial charge in [0.25, 0.3) is 0 Å². The summed E-state index contributed by atoms with van der Waals surface area (Å²) in [4.78, 5) is 15.9. The Balaban J connectivity index is 1.65. The molecule has 6 nitrogen and oxygen atoms in total. The van der Waals surface area contributed by atoms with E-state index in [1.54, 1.807) is 7.05 Å². The van der Waals surface area contributed by atoms with Crippen LogP contribution < -0.4 is 20.7 Å². The van der Waals surface area contributed by atoms with Gasteiger partial charge in [-0.05, 0) is 42.7 Å². The highest BCUT2D eigenvalue weighted by Crippen LogP contribution is 2.10. The minimum Gasteiger partial charge on any atom is -0.494 e. The molecule has 0 unspecified atom stereocenters. The van der Waals surface area contributed by atoms with Gasteiger partial charge in [-0.25, -0.2) is 0 Å². The Morgan fingerprint density at radius 1 is 1.04 bits per heavy atom. The first-order chi connectivity index (χ1) is 13.7. The fraction of sp³-hybridized carbons (Fsp3) is 0.364. The van der Waals surface area contributed by atoms with Gasteiger partial charge in [-0.3, -0.25) is 9.79 Å². The zero-order chi connectivity index (χ0) is 20.0. The number of carbonyl (C=O) groups is 1. The summed E-state index contributed by atoms with van der Waals surface area (Å²) in [7, 11) is 1.75. The molecule has 0 fully saturated rings. The summed E-state index contributed by atoms with van der Waals surface area (Å²) in [6, 6.07) is 17.6. The molecular weight excluding hydrogens is 352 g/mol. The number of para-hydroxylation sites is 1. The highest BCUT2D eigenvalue weighted by atomic mass is 16.5. The first kappa shape index (κ1) is 21.3. The molecule has 0 bridgehead atoms. The van der Waals surface area contributed by atoms with Crippen molar-refractivity contribution in [1.82, 2.24) is 10.6 Å². The number of rotatable bonds is 10. The van der Waals surface area contributed by atoms with Crippen LogP contribution in [0.2, 0.25) is 0 Å². The number of guanidine groups is 1. The van der Waals surface area contributed by atoms with Gasteiger partial charge in [0.05, 0.1) is 6.61 Å². The average Bonchev–Trinajstić information content (AvgIpc) is 2.72. The maximum atomic E-state index is 11.6. The summed E-state index contributed by atoms with van der Waals surface area (Å²) in [5, 5.41) is 9.46. The van der Waals surface area contributed by atoms with Crippen LogP contribution in [0, 0.1) is 0 Å². The molecular formula is C22H30N4O2. The SMILES string of the molecule is CCCC(=O)Nc1ccc(CNC(=NC)NCCCOc2ccccc2)cc1. The lowest BCUT2D eigenvalue weighted by Crippen LogP contribution is -2.37. The number of nitrogens with one attached hydrogen (secondary N) is 3. The number of aliphatic imine (C=N–C) groups is 1. The summed E-state index contributed by atoms with van der Waals surface area (Å²) in [6.45, 7) is 4.07. The van der Waals surface area contributed by atoms with E-state index in [0.717, 1.165) is 42.3 Å². The van der Waals surface area contributed by atoms with Crippen LogP contribution in [0.5, 0.6) is 5.75 Å². The fourth-order valence-corrected chi connectivity index (χ4v) is 2.55. The van der Waals surface area contributed by atoms with Gasteiger partial charge in [0.2, 0.25) is 5.91 Å². The van der Waals surface area contributed by atoms with E-state index in [0.29, 0.717) is 19.6 Å². The van der Waals surface area contributed by atoms with E-state index in [1.165, 1.54) is 0 Å². The van der Waals surface area contributed by atoms with Gasteiger partial charge < -0.3 is 20.7 Å². The van der Waals surface area contributed by atoms with Crippen LogP contribution in [-0.4, -0.2) is 32.1 Å². The van der Waals surface area contributed by atoms with Gasteiger partial charge in [0, 0.05) is 32.2 Å². The summed E-state index contributed by atoms with van der Waals surface area (Å²) < 4.78 is 5.67. The van der Waals surface area contributed by atoms with Crippen LogP contribution in [-0.2, 0) is 11.3 Å². The first-order valence-electron chi connectivity index (χ1n) is 9.72. The van der Waals surface area contributed by atoms with Gasteiger partial charge in [-0.1, -0.05) is 37.3 Å². The van der Waals surface area contributed by atoms with E-state index in [9.17, 15) is 4.79 Å². The van der Waals surface area contributed by atoms with E-state index in [2.05, 4.69) is 20.9 Å². The van der Waals surface area contributed by atoms with Gasteiger partial charge in [-0.15, -0.1) is 0 Å². The first-order valence-corrected chi connectivity index (χ1v) is 9.72. The quantitative estimate of drug-likeness (QED) is 0.334. The third-order valence-corrected chi connectivity index (χ3v) is 4.02. The minimum atomic E-state index is 0.0502. The number of ether oxygens (including phenoxy) is 1. The molecule has 0 aliphatic rings. The van der Waals surface area contributed by atoms with Gasteiger partial charge in [0.15, 0.2) is 5.96 Å². The second-order valence-electron chi connectivity index (χ2n) is 6.36. The van der Waals surface area contributed by atoms with E-state index >= 15 is 0 Å². The van der Waals surface area contributed by atoms with Gasteiger partial charge in [0.1, 0.15) is 5.75 Å². The predicted octanol–water partition coefficient (Wildman–Crippen LogP) is 3.56. The average molecular weight is 383 g/mol. The lowest BCUT2D eigenvalue weighted by molar-refractivity contribution is -0.116. The Labute approximate surface area is 167 Å². The molecule has 0 saturated carbocycles. The lowest BCUT2D eigenvalue weighted by Gasteiger charge is -2.13. The van der Waals surface area contributed by atoms with Crippen molar-refractivity contribution < 1.29 is 9.53 Å². The summed E-state index contributed by atoms with van der Waals surface area (Å²) >= 11 is 0. The minimum absolute atomic E-state index is 0.0502. The Morgan fingerprint density at radius 2 is 1.79 bits per heavy atom. The third kappa shape index (κ3) is 8.12. The number of hydrogen-bond acceptors (Lipinski definition) is 3. The second kappa shape index (κ2) is 12.4. The largest absolute Gasteiger partial charge is 0.494 e. The molecule has 2 rings (SSSR count). The highest BCUT2D eigenvalue weighted by Gasteiger charge is 2.02. The summed E-state index contributed by atoms with van der Waals surface area (Å²) in [5.41, 5.74) is 1.94. The standard InChI is InChI=1S/C22H30N4O2/c1-3-8-21(27)26-19-13-11-18(12-14-19)17-25-22(23-2)24-15-7-16-28-20-9-5-4-6-10-20/h4-6,9-14H,3,7-8,15-17H2,1-2H3,(H,26,27)(H2,23,24,25). The molecule has 0 heterocycles. The van der Waals surface area contributed by atoms with Crippen molar-refractivity contribution in [1.29, 1.82) is 0 Å². The van der Waals surface area contributed by atoms with Crippen LogP contribution in [0.15, 0.2) is 59.6 Å². The van der Waals surface area contributed by atoms with E-state index in [-0.39, 0.29) is 5.91 Å². The number of amides is 1. The number of carbonyl (C=O) groups excluding carboxylic acids is 1. The molecule has 0 spiro atoms. The number of hydrogen-bond donors (Lipinski definition) is 3. The molecule has 28 heavy (non-hydrogen) atoms. The molecule has 1 amide bonds. The zero-order valence-corrected chi connectivity index (χ0v) is 16.7. The van der Waals surface area contributed by atoms with Crippen molar-refractivity contribution >= 4 is 17.6 Å². The Bertz CT molecular complexity index is 730. The molecule has 0 aliphatic heterocycles. The molecule has 0 radical (unpaired) electrons. The van der Waals surface area contributed by atoms with Crippen LogP contribution in [0.1, 0.15) is 31.7 Å². The van der Waals surface area contributed by atoms with Crippen LogP contribution >= 0.6 is 0 Å². The maximum Gasteiger partial charge on any atom is 0.224 e. The van der Waals surface area contributed by atoms with Crippen molar-refractivity contribution in [3.05, 3.63) is 60.2 Å². The summed E-state index contributed by atoms with van der Waals surface area (Å²) in [6.07, 6.45) is 2.27. The van der Waals surface area contributed by atoms with Crippen LogP contribution in [0.25, 0.3) is 0 Å². The predicted molar refractivity (Wildman–Crippen MR) is 115 cm³/mol. The molecule has 6 heteroatoms. The molecule has 0 aliphatic carbocycles. The second-order valence-corrected chi connectivity index (χ2v) is 6.36. The Kier molecular flexibility index (Phi) is 9.41. The molecule has 2 aromatic carbocycles. The maximum absolute atomic E-state index is 11.6. The number of benzene rings is 2. The van der Waals surface area contributed by atoms with Crippen molar-refractivity contribution in [2.24, 2.45) is 4.99 Å². The van der Waals surface area contributed by atoms with Crippen LogP contribution in [0.3, 0.4) is 0 Å². The zero-order valence-electron chi connectivity index (χ0n) is 16.7. The molecule has 0 atom stereocenters. The van der Waals surface area contributed by atoms with E-state index < -0.39 is 0 Å². The summed E-state index contributed by atoms with van der Waals surface area (Å²) in [5.74, 6) is 1.69. The lowest BCUT2D eigenvalue weighted by atomic mass is 10.2. The number of anilines is 1. The molecule has 2 aromatic rings. The highest BCUT2D eigenvalue weighted by molar-refractivity contribution is 5.90. The van der Waals surface area contributed by atoms with E-state index in [1.807, 2.05) is 61.5 Å². The molecule has 150 valence electrons. The monoisotopic (exact) mass is 382 g/mol. The van der Waals surface area contributed by atoms with Crippen molar-refractivity contribution in [3.63, 3.8) is 0 Å². The Hall–Kier alpha value is -3.02. The molecule has 0 aromatic heterocycles. The topological polar surface area (TPSA) is 74.8 Å². The Morgan fingerprint density at radius 3 is 2.46 bits per heavy atom. The molecule has 0 saturated heterocycles. The smallest absolute Gasteiger partial charge is 0.224 e. The number of nitrogens with zero attached hydrogens (tertiary/aromatic N) is 1. The van der Waals surface area contributed by atoms with Crippen molar-refractivity contribution in [2.45, 2.75) is 32.7 Å². The van der Waals surface area contributed by atoms with Crippen LogP contribution in [0.4, 0.5) is 5.69 Å². The third-order valence-electron chi connectivity index (χ3n) is 4.02. The normalized spacial score (nSPS) is 11.0. The van der Waals surface area contributed by atoms with Crippen molar-refractivity contribution in [2.75, 3.05) is 25.5 Å². The van der Waals surface area contributed by atoms with E-state index in [4.69, 9.17) is 4.74 Å². The molecule has 3 N–H and O–H groups in total. The van der Waals surface area contributed by atoms with Crippen molar-refractivity contribution in [3.8, 4) is 5.75 Å². The van der Waals surface area contributed by atoms with Gasteiger partial charge in [-0.2, -0.15) is 0 Å². The fourth-order valence-electron chi connectivity index (χ4n) is 2.55. The van der Waals surface area contributed by atoms with Gasteiger partial charge >= 0.3 is 0 Å².